The van der Waals surface area contributed by atoms with Gasteiger partial charge in [0.2, 0.25) is 5.91 Å². The normalized spacial score (nSPS) is 36.5. The van der Waals surface area contributed by atoms with Gasteiger partial charge in [0.1, 0.15) is 0 Å². The minimum atomic E-state index is 0.244. The molecule has 1 N–H and O–H groups in total. The molecule has 3 heteroatoms. The van der Waals surface area contributed by atoms with Crippen molar-refractivity contribution < 1.29 is 9.90 Å². The molecular weight excluding hydrogens is 142 g/mol. The summed E-state index contributed by atoms with van der Waals surface area (Å²) in [6, 6.07) is 0.384. The molecule has 0 radical (unpaired) electrons. The second-order valence-corrected chi connectivity index (χ2v) is 3.44. The van der Waals surface area contributed by atoms with Crippen molar-refractivity contribution in [2.75, 3.05) is 13.2 Å². The van der Waals surface area contributed by atoms with Crippen LogP contribution in [0.25, 0.3) is 0 Å². The fourth-order valence-electron chi connectivity index (χ4n) is 1.83. The molecule has 11 heavy (non-hydrogen) atoms. The Morgan fingerprint density at radius 3 is 2.91 bits per heavy atom. The van der Waals surface area contributed by atoms with Gasteiger partial charge in [-0.3, -0.25) is 4.79 Å². The van der Waals surface area contributed by atoms with E-state index >= 15 is 0 Å². The zero-order valence-electron chi connectivity index (χ0n) is 6.49. The van der Waals surface area contributed by atoms with E-state index in [1.54, 1.807) is 0 Å². The van der Waals surface area contributed by atoms with Crippen LogP contribution < -0.4 is 0 Å². The molecular formula is C8H13NO2. The molecule has 1 heterocycles. The lowest BCUT2D eigenvalue weighted by molar-refractivity contribution is -0.128. The number of likely N-dealkylation sites (tertiary alicyclic amines) is 1. The highest BCUT2D eigenvalue weighted by molar-refractivity contribution is 5.78. The second-order valence-electron chi connectivity index (χ2n) is 3.44. The molecule has 62 valence electrons. The number of aliphatic hydroxyl groups is 1. The molecule has 2 fully saturated rings. The third kappa shape index (κ3) is 1.13. The van der Waals surface area contributed by atoms with E-state index in [0.717, 1.165) is 19.4 Å². The van der Waals surface area contributed by atoms with Gasteiger partial charge in [-0.1, -0.05) is 0 Å². The van der Waals surface area contributed by atoms with Crippen LogP contribution in [0.15, 0.2) is 0 Å². The number of hydrogen-bond donors (Lipinski definition) is 1. The van der Waals surface area contributed by atoms with Crippen molar-refractivity contribution in [3.63, 3.8) is 0 Å². The molecule has 0 bridgehead atoms. The van der Waals surface area contributed by atoms with Gasteiger partial charge >= 0.3 is 0 Å². The van der Waals surface area contributed by atoms with Crippen LogP contribution in [0, 0.1) is 5.92 Å². The maximum atomic E-state index is 11.2. The van der Waals surface area contributed by atoms with E-state index < -0.39 is 0 Å². The average Bonchev–Trinajstić information content (AvgIpc) is 2.68. The SMILES string of the molecule is O=C1CCCN1C1CC1CO. The summed E-state index contributed by atoms with van der Waals surface area (Å²) in [5, 5.41) is 8.79. The number of rotatable bonds is 2. The van der Waals surface area contributed by atoms with Crippen LogP contribution in [0.4, 0.5) is 0 Å². The van der Waals surface area contributed by atoms with Crippen LogP contribution >= 0.6 is 0 Å². The predicted octanol–water partition coefficient (Wildman–Crippen LogP) is -0.0104. The second kappa shape index (κ2) is 2.48. The van der Waals surface area contributed by atoms with Crippen LogP contribution in [0.2, 0.25) is 0 Å². The Hall–Kier alpha value is -0.570. The van der Waals surface area contributed by atoms with Crippen LogP contribution in [0.3, 0.4) is 0 Å². The van der Waals surface area contributed by atoms with E-state index in [9.17, 15) is 4.79 Å². The Morgan fingerprint density at radius 1 is 1.64 bits per heavy atom. The zero-order chi connectivity index (χ0) is 7.84. The summed E-state index contributed by atoms with van der Waals surface area (Å²) in [5.74, 6) is 0.669. The third-order valence-electron chi connectivity index (χ3n) is 2.63. The summed E-state index contributed by atoms with van der Waals surface area (Å²) in [7, 11) is 0. The quantitative estimate of drug-likeness (QED) is 0.609. The molecule has 1 aliphatic carbocycles. The summed E-state index contributed by atoms with van der Waals surface area (Å²) in [6.07, 6.45) is 2.74. The molecule has 2 atom stereocenters. The fraction of sp³-hybridized carbons (Fsp3) is 0.875. The molecule has 0 aromatic heterocycles. The topological polar surface area (TPSA) is 40.5 Å². The first-order valence-corrected chi connectivity index (χ1v) is 4.23. The van der Waals surface area contributed by atoms with E-state index in [0.29, 0.717) is 18.4 Å². The number of carbonyl (C=O) groups is 1. The molecule has 0 aromatic rings. The average molecular weight is 155 g/mol. The van der Waals surface area contributed by atoms with E-state index in [1.807, 2.05) is 4.90 Å². The maximum absolute atomic E-state index is 11.2. The lowest BCUT2D eigenvalue weighted by Gasteiger charge is -2.14. The molecule has 0 aromatic carbocycles. The summed E-state index contributed by atoms with van der Waals surface area (Å²) in [5.41, 5.74) is 0. The minimum absolute atomic E-state index is 0.244. The minimum Gasteiger partial charge on any atom is -0.396 e. The zero-order valence-corrected chi connectivity index (χ0v) is 6.49. The van der Waals surface area contributed by atoms with Gasteiger partial charge in [0.15, 0.2) is 0 Å². The Bertz CT molecular complexity index is 181. The van der Waals surface area contributed by atoms with E-state index in [2.05, 4.69) is 0 Å². The van der Waals surface area contributed by atoms with Gasteiger partial charge in [0.25, 0.3) is 0 Å². The van der Waals surface area contributed by atoms with Crippen molar-refractivity contribution in [1.82, 2.24) is 4.90 Å². The number of aliphatic hydroxyl groups excluding tert-OH is 1. The molecule has 1 aliphatic heterocycles. The van der Waals surface area contributed by atoms with Crippen molar-refractivity contribution in [2.45, 2.75) is 25.3 Å². The van der Waals surface area contributed by atoms with Gasteiger partial charge in [-0.15, -0.1) is 0 Å². The smallest absolute Gasteiger partial charge is 0.222 e. The van der Waals surface area contributed by atoms with E-state index in [1.165, 1.54) is 0 Å². The van der Waals surface area contributed by atoms with Gasteiger partial charge in [-0.25, -0.2) is 0 Å². The largest absolute Gasteiger partial charge is 0.396 e. The first kappa shape index (κ1) is 7.10. The maximum Gasteiger partial charge on any atom is 0.222 e. The molecule has 1 amide bonds. The summed E-state index contributed by atoms with van der Waals surface area (Å²) in [6.45, 7) is 1.16. The monoisotopic (exact) mass is 155 g/mol. The number of nitrogens with zero attached hydrogens (tertiary/aromatic N) is 1. The van der Waals surface area contributed by atoms with E-state index in [4.69, 9.17) is 5.11 Å². The lowest BCUT2D eigenvalue weighted by Crippen LogP contribution is -2.28. The van der Waals surface area contributed by atoms with Crippen LogP contribution in [0.5, 0.6) is 0 Å². The number of amides is 1. The lowest BCUT2D eigenvalue weighted by atomic mass is 10.4. The van der Waals surface area contributed by atoms with Gasteiger partial charge < -0.3 is 10.0 Å². The summed E-state index contributed by atoms with van der Waals surface area (Å²) in [4.78, 5) is 13.1. The molecule has 2 aliphatic rings. The molecule has 1 saturated carbocycles. The summed E-state index contributed by atoms with van der Waals surface area (Å²) >= 11 is 0. The van der Waals surface area contributed by atoms with Crippen LogP contribution in [-0.4, -0.2) is 35.1 Å². The van der Waals surface area contributed by atoms with Crippen LogP contribution in [0.1, 0.15) is 19.3 Å². The number of carbonyl (C=O) groups excluding carboxylic acids is 1. The molecule has 2 rings (SSSR count). The molecule has 3 nitrogen and oxygen atoms in total. The van der Waals surface area contributed by atoms with Crippen molar-refractivity contribution in [1.29, 1.82) is 0 Å². The predicted molar refractivity (Wildman–Crippen MR) is 39.9 cm³/mol. The first-order chi connectivity index (χ1) is 5.33. The Kier molecular flexibility index (Phi) is 1.60. The fourth-order valence-corrected chi connectivity index (χ4v) is 1.83. The van der Waals surface area contributed by atoms with Crippen molar-refractivity contribution in [3.05, 3.63) is 0 Å². The third-order valence-corrected chi connectivity index (χ3v) is 2.63. The Labute approximate surface area is 66.0 Å². The van der Waals surface area contributed by atoms with Crippen molar-refractivity contribution >= 4 is 5.91 Å². The summed E-state index contributed by atoms with van der Waals surface area (Å²) < 4.78 is 0. The van der Waals surface area contributed by atoms with Crippen molar-refractivity contribution in [3.8, 4) is 0 Å². The van der Waals surface area contributed by atoms with Gasteiger partial charge in [-0.2, -0.15) is 0 Å². The van der Waals surface area contributed by atoms with E-state index in [-0.39, 0.29) is 12.5 Å². The first-order valence-electron chi connectivity index (χ1n) is 4.23. The van der Waals surface area contributed by atoms with Crippen LogP contribution in [-0.2, 0) is 4.79 Å². The van der Waals surface area contributed by atoms with Gasteiger partial charge in [0, 0.05) is 31.5 Å². The molecule has 1 saturated heterocycles. The van der Waals surface area contributed by atoms with Gasteiger partial charge in [-0.05, 0) is 12.8 Å². The Morgan fingerprint density at radius 2 is 2.45 bits per heavy atom. The number of hydrogen-bond acceptors (Lipinski definition) is 2. The molecule has 0 spiro atoms. The van der Waals surface area contributed by atoms with Gasteiger partial charge in [0.05, 0.1) is 0 Å². The highest BCUT2D eigenvalue weighted by atomic mass is 16.3. The highest BCUT2D eigenvalue weighted by Gasteiger charge is 2.44. The standard InChI is InChI=1S/C8H13NO2/c10-5-6-4-7(6)9-3-1-2-8(9)11/h6-7,10H,1-5H2. The van der Waals surface area contributed by atoms with Crippen molar-refractivity contribution in [2.24, 2.45) is 5.92 Å². The Balaban J connectivity index is 1.91. The molecule has 2 unspecified atom stereocenters. The highest BCUT2D eigenvalue weighted by Crippen LogP contribution is 2.37.